The van der Waals surface area contributed by atoms with Crippen molar-refractivity contribution < 1.29 is 9.59 Å². The zero-order chi connectivity index (χ0) is 27.0. The number of benzene rings is 3. The second-order valence-electron chi connectivity index (χ2n) is 9.87. The van der Waals surface area contributed by atoms with E-state index < -0.39 is 5.91 Å². The molecule has 0 radical (unpaired) electrons. The summed E-state index contributed by atoms with van der Waals surface area (Å²) in [5.41, 5.74) is 5.77. The van der Waals surface area contributed by atoms with Crippen molar-refractivity contribution in [2.45, 2.75) is 38.1 Å². The van der Waals surface area contributed by atoms with Crippen LogP contribution in [0.2, 0.25) is 0 Å². The molecule has 198 valence electrons. The Labute approximate surface area is 227 Å². The van der Waals surface area contributed by atoms with E-state index in [4.69, 9.17) is 9.97 Å². The van der Waals surface area contributed by atoms with Crippen molar-refractivity contribution in [2.75, 3.05) is 19.6 Å². The predicted molar refractivity (Wildman–Crippen MR) is 151 cm³/mol. The molecule has 1 unspecified atom stereocenters. The third-order valence-corrected chi connectivity index (χ3v) is 7.05. The Morgan fingerprint density at radius 2 is 1.69 bits per heavy atom. The first kappa shape index (κ1) is 26.3. The number of carbonyl (C=O) groups excluding carboxylic acids is 2. The number of piperazine rings is 1. The van der Waals surface area contributed by atoms with Crippen molar-refractivity contribution in [3.63, 3.8) is 0 Å². The largest absolute Gasteiger partial charge is 0.336 e. The third-order valence-electron chi connectivity index (χ3n) is 7.05. The van der Waals surface area contributed by atoms with Crippen LogP contribution in [0.15, 0.2) is 84.0 Å². The molecule has 1 N–H and O–H groups in total. The minimum atomic E-state index is -0.634. The van der Waals surface area contributed by atoms with E-state index in [-0.39, 0.29) is 18.4 Å². The summed E-state index contributed by atoms with van der Waals surface area (Å²) in [5.74, 6) is -0.642. The van der Waals surface area contributed by atoms with Crippen molar-refractivity contribution in [2.24, 2.45) is 5.18 Å². The van der Waals surface area contributed by atoms with Gasteiger partial charge in [0.15, 0.2) is 0 Å². The summed E-state index contributed by atoms with van der Waals surface area (Å²) in [4.78, 5) is 46.9. The quantitative estimate of drug-likeness (QED) is 0.247. The van der Waals surface area contributed by atoms with E-state index >= 15 is 0 Å². The van der Waals surface area contributed by atoms with Crippen LogP contribution in [-0.2, 0) is 17.6 Å². The Morgan fingerprint density at radius 1 is 0.923 bits per heavy atom. The third kappa shape index (κ3) is 6.59. The lowest BCUT2D eigenvalue weighted by Crippen LogP contribution is -2.53. The van der Waals surface area contributed by atoms with Crippen molar-refractivity contribution in [1.82, 2.24) is 20.2 Å². The van der Waals surface area contributed by atoms with Crippen LogP contribution < -0.4 is 5.32 Å². The Balaban J connectivity index is 1.37. The number of unbranched alkanes of at least 4 members (excludes halogenated alkanes) is 1. The molecule has 1 fully saturated rings. The van der Waals surface area contributed by atoms with Gasteiger partial charge < -0.3 is 10.2 Å². The molecule has 1 aliphatic rings. The van der Waals surface area contributed by atoms with E-state index in [0.29, 0.717) is 43.4 Å². The summed E-state index contributed by atoms with van der Waals surface area (Å²) in [6.45, 7) is 2.05. The number of rotatable bonds is 9. The SMILES string of the molecule is O=NC(=O)CCCCc1nc2cc(C(=O)N3CCNC(Cc4ccccc4)C3)ccc2nc1-c1ccccc1. The molecule has 1 aromatic heterocycles. The van der Waals surface area contributed by atoms with Crippen LogP contribution in [0.1, 0.15) is 40.9 Å². The number of nitrogens with zero attached hydrogens (tertiary/aromatic N) is 4. The molecule has 0 aliphatic carbocycles. The molecule has 0 spiro atoms. The first-order valence-electron chi connectivity index (χ1n) is 13.4. The van der Waals surface area contributed by atoms with Crippen LogP contribution >= 0.6 is 0 Å². The summed E-state index contributed by atoms with van der Waals surface area (Å²) in [6, 6.07) is 25.9. The lowest BCUT2D eigenvalue weighted by atomic mass is 10.0. The maximum Gasteiger partial charge on any atom is 0.286 e. The van der Waals surface area contributed by atoms with Gasteiger partial charge in [-0.3, -0.25) is 9.59 Å². The Bertz CT molecular complexity index is 1460. The smallest absolute Gasteiger partial charge is 0.286 e. The first-order valence-corrected chi connectivity index (χ1v) is 13.4. The minimum absolute atomic E-state index is 0.00757. The molecule has 2 amide bonds. The van der Waals surface area contributed by atoms with Gasteiger partial charge in [0.05, 0.1) is 22.4 Å². The van der Waals surface area contributed by atoms with Crippen molar-refractivity contribution in [3.8, 4) is 11.3 Å². The number of hydrogen-bond acceptors (Lipinski definition) is 6. The zero-order valence-electron chi connectivity index (χ0n) is 21.8. The van der Waals surface area contributed by atoms with E-state index in [2.05, 4.69) is 22.6 Å². The number of fused-ring (bicyclic) bond motifs is 1. The topological polar surface area (TPSA) is 105 Å². The normalized spacial score (nSPS) is 15.3. The molecule has 2 heterocycles. The van der Waals surface area contributed by atoms with Gasteiger partial charge in [-0.15, -0.1) is 4.91 Å². The maximum absolute atomic E-state index is 13.5. The number of nitroso groups, excluding NO2 is 1. The second-order valence-corrected chi connectivity index (χ2v) is 9.87. The molecule has 4 aromatic rings. The highest BCUT2D eigenvalue weighted by atomic mass is 16.3. The molecule has 3 aromatic carbocycles. The molecule has 0 saturated carbocycles. The summed E-state index contributed by atoms with van der Waals surface area (Å²) in [7, 11) is 0. The molecule has 8 nitrogen and oxygen atoms in total. The molecule has 1 atom stereocenters. The van der Waals surface area contributed by atoms with E-state index in [1.807, 2.05) is 71.6 Å². The van der Waals surface area contributed by atoms with E-state index in [9.17, 15) is 14.5 Å². The van der Waals surface area contributed by atoms with Gasteiger partial charge in [-0.1, -0.05) is 60.7 Å². The van der Waals surface area contributed by atoms with Gasteiger partial charge in [-0.2, -0.15) is 0 Å². The zero-order valence-corrected chi connectivity index (χ0v) is 21.8. The molecule has 39 heavy (non-hydrogen) atoms. The molecule has 1 saturated heterocycles. The first-order chi connectivity index (χ1) is 19.1. The maximum atomic E-state index is 13.5. The molecular formula is C31H31N5O3. The van der Waals surface area contributed by atoms with Crippen LogP contribution in [0.4, 0.5) is 0 Å². The fraction of sp³-hybridized carbons (Fsp3) is 0.290. The van der Waals surface area contributed by atoms with Crippen molar-refractivity contribution >= 4 is 22.8 Å². The summed E-state index contributed by atoms with van der Waals surface area (Å²) in [6.07, 6.45) is 2.80. The highest BCUT2D eigenvalue weighted by Crippen LogP contribution is 2.26. The minimum Gasteiger partial charge on any atom is -0.336 e. The number of amides is 2. The summed E-state index contributed by atoms with van der Waals surface area (Å²) < 4.78 is 0. The van der Waals surface area contributed by atoms with Crippen LogP contribution in [0.25, 0.3) is 22.3 Å². The van der Waals surface area contributed by atoms with Crippen molar-refractivity contribution in [1.29, 1.82) is 0 Å². The summed E-state index contributed by atoms with van der Waals surface area (Å²) in [5, 5.41) is 6.01. The average molecular weight is 522 g/mol. The van der Waals surface area contributed by atoms with E-state index in [1.165, 1.54) is 5.56 Å². The van der Waals surface area contributed by atoms with Gasteiger partial charge in [-0.25, -0.2) is 9.97 Å². The summed E-state index contributed by atoms with van der Waals surface area (Å²) >= 11 is 0. The Kier molecular flexibility index (Phi) is 8.43. The van der Waals surface area contributed by atoms with Crippen LogP contribution in [0.3, 0.4) is 0 Å². The van der Waals surface area contributed by atoms with Gasteiger partial charge in [0.25, 0.3) is 11.8 Å². The number of carbonyl (C=O) groups is 2. The van der Waals surface area contributed by atoms with Gasteiger partial charge in [-0.05, 0) is 49.4 Å². The Hall–Kier alpha value is -4.30. The van der Waals surface area contributed by atoms with Crippen LogP contribution in [0.5, 0.6) is 0 Å². The highest BCUT2D eigenvalue weighted by molar-refractivity contribution is 5.97. The molecule has 8 heteroatoms. The highest BCUT2D eigenvalue weighted by Gasteiger charge is 2.25. The van der Waals surface area contributed by atoms with E-state index in [1.54, 1.807) is 0 Å². The number of hydrogen-bond donors (Lipinski definition) is 1. The fourth-order valence-corrected chi connectivity index (χ4v) is 5.07. The van der Waals surface area contributed by atoms with Gasteiger partial charge >= 0.3 is 0 Å². The Morgan fingerprint density at radius 3 is 2.46 bits per heavy atom. The number of aromatic nitrogens is 2. The van der Waals surface area contributed by atoms with Gasteiger partial charge in [0.1, 0.15) is 0 Å². The lowest BCUT2D eigenvalue weighted by Gasteiger charge is -2.34. The van der Waals surface area contributed by atoms with Gasteiger partial charge in [0.2, 0.25) is 0 Å². The predicted octanol–water partition coefficient (Wildman–Crippen LogP) is 4.96. The lowest BCUT2D eigenvalue weighted by molar-refractivity contribution is -0.118. The molecular weight excluding hydrogens is 490 g/mol. The van der Waals surface area contributed by atoms with Crippen LogP contribution in [0, 0.1) is 4.91 Å². The molecule has 5 rings (SSSR count). The van der Waals surface area contributed by atoms with E-state index in [0.717, 1.165) is 35.4 Å². The fourth-order valence-electron chi connectivity index (χ4n) is 5.07. The monoisotopic (exact) mass is 521 g/mol. The molecule has 1 aliphatic heterocycles. The number of nitrogens with one attached hydrogen (secondary N) is 1. The van der Waals surface area contributed by atoms with Crippen LogP contribution in [-0.4, -0.2) is 52.4 Å². The van der Waals surface area contributed by atoms with Gasteiger partial charge in [0, 0.05) is 48.4 Å². The molecule has 0 bridgehead atoms. The van der Waals surface area contributed by atoms with Crippen molar-refractivity contribution in [3.05, 3.63) is 101 Å². The average Bonchev–Trinajstić information content (AvgIpc) is 2.99. The standard InChI is InChI=1S/C31H31N5O3/c37-29(35-39)14-8-7-13-27-30(23-11-5-2-6-12-23)34-26-16-15-24(20-28(26)33-27)31(38)36-18-17-32-25(21-36)19-22-9-3-1-4-10-22/h1-6,9-12,15-16,20,25,32H,7-8,13-14,17-19,21H2. The number of aryl methyl sites for hydroxylation is 1. The second kappa shape index (κ2) is 12.5.